The molecule has 0 saturated heterocycles. The zero-order chi connectivity index (χ0) is 23.1. The average molecular weight is 442 g/mol. The summed E-state index contributed by atoms with van der Waals surface area (Å²) in [6, 6.07) is 16.4. The summed E-state index contributed by atoms with van der Waals surface area (Å²) in [6.07, 6.45) is 1.54. The van der Waals surface area contributed by atoms with E-state index in [0.717, 1.165) is 23.4 Å². The number of allylic oxidation sites excluding steroid dienone is 1. The summed E-state index contributed by atoms with van der Waals surface area (Å²) < 4.78 is 12.0. The molecule has 7 heteroatoms. The number of fused-ring (bicyclic) bond motifs is 2. The van der Waals surface area contributed by atoms with Gasteiger partial charge in [0.15, 0.2) is 5.76 Å². The van der Waals surface area contributed by atoms with Crippen molar-refractivity contribution in [3.63, 3.8) is 0 Å². The molecule has 0 saturated carbocycles. The van der Waals surface area contributed by atoms with E-state index in [2.05, 4.69) is 36.1 Å². The van der Waals surface area contributed by atoms with Gasteiger partial charge in [0.05, 0.1) is 10.5 Å². The molecule has 2 heterocycles. The zero-order valence-electron chi connectivity index (χ0n) is 18.3. The van der Waals surface area contributed by atoms with Crippen LogP contribution in [0.5, 0.6) is 11.5 Å². The summed E-state index contributed by atoms with van der Waals surface area (Å²) in [5.74, 6) is 1.14. The molecule has 0 unspecified atom stereocenters. The fourth-order valence-electron chi connectivity index (χ4n) is 4.23. The van der Waals surface area contributed by atoms with Gasteiger partial charge in [0.2, 0.25) is 5.78 Å². The molecule has 0 fully saturated rings. The number of hydrogen-bond acceptors (Lipinski definition) is 6. The lowest BCUT2D eigenvalue weighted by Gasteiger charge is -2.30. The maximum atomic E-state index is 13.1. The Kier molecular flexibility index (Phi) is 5.18. The van der Waals surface area contributed by atoms with Crippen molar-refractivity contribution in [3.8, 4) is 11.5 Å². The van der Waals surface area contributed by atoms with Crippen LogP contribution >= 0.6 is 0 Å². The fraction of sp³-hybridized carbons (Fsp3) is 0.192. The number of aryl methyl sites for hydroxylation is 1. The second-order valence-electron chi connectivity index (χ2n) is 8.40. The number of rotatable bonds is 4. The van der Waals surface area contributed by atoms with Gasteiger partial charge in [-0.2, -0.15) is 0 Å². The van der Waals surface area contributed by atoms with Crippen LogP contribution in [0.15, 0.2) is 60.4 Å². The second-order valence-corrected chi connectivity index (χ2v) is 8.40. The molecule has 0 amide bonds. The minimum atomic E-state index is -0.466. The summed E-state index contributed by atoms with van der Waals surface area (Å²) in [5.41, 5.74) is 5.13. The van der Waals surface area contributed by atoms with Gasteiger partial charge in [-0.05, 0) is 37.1 Å². The highest BCUT2D eigenvalue weighted by molar-refractivity contribution is 6.15. The van der Waals surface area contributed by atoms with Crippen molar-refractivity contribution in [2.24, 2.45) is 0 Å². The third kappa shape index (κ3) is 3.99. The largest absolute Gasteiger partial charge is 0.477 e. The van der Waals surface area contributed by atoms with Gasteiger partial charge in [-0.3, -0.25) is 19.8 Å². The monoisotopic (exact) mass is 442 g/mol. The van der Waals surface area contributed by atoms with Crippen molar-refractivity contribution in [3.05, 3.63) is 104 Å². The molecule has 0 radical (unpaired) electrons. The van der Waals surface area contributed by atoms with E-state index >= 15 is 0 Å². The molecule has 0 aliphatic carbocycles. The van der Waals surface area contributed by atoms with Crippen molar-refractivity contribution in [2.45, 2.75) is 26.9 Å². The number of nitro groups is 1. The SMILES string of the molecule is Cc1ccc(CN2COc3c(cc4c(c3C)O/C(=C\c3cccc([N+](=O)[O-])c3)C4=O)C2)cc1. The number of non-ortho nitro benzene ring substituents is 1. The summed E-state index contributed by atoms with van der Waals surface area (Å²) in [4.78, 5) is 25.8. The maximum Gasteiger partial charge on any atom is 0.270 e. The van der Waals surface area contributed by atoms with E-state index in [4.69, 9.17) is 9.47 Å². The van der Waals surface area contributed by atoms with E-state index in [1.807, 2.05) is 13.0 Å². The molecular weight excluding hydrogens is 420 g/mol. The predicted octanol–water partition coefficient (Wildman–Crippen LogP) is 5.18. The van der Waals surface area contributed by atoms with E-state index in [-0.39, 0.29) is 17.2 Å². The van der Waals surface area contributed by atoms with Crippen molar-refractivity contribution < 1.29 is 19.2 Å². The van der Waals surface area contributed by atoms with Crippen molar-refractivity contribution in [1.29, 1.82) is 0 Å². The molecule has 2 aliphatic rings. The fourth-order valence-corrected chi connectivity index (χ4v) is 4.23. The van der Waals surface area contributed by atoms with Gasteiger partial charge in [0.25, 0.3) is 5.69 Å². The van der Waals surface area contributed by atoms with Crippen molar-refractivity contribution >= 4 is 17.5 Å². The number of hydrogen-bond donors (Lipinski definition) is 0. The van der Waals surface area contributed by atoms with Crippen LogP contribution in [0.25, 0.3) is 6.08 Å². The molecule has 0 atom stereocenters. The molecule has 166 valence electrons. The maximum absolute atomic E-state index is 13.1. The van der Waals surface area contributed by atoms with Crippen LogP contribution in [0, 0.1) is 24.0 Å². The van der Waals surface area contributed by atoms with Gasteiger partial charge in [-0.1, -0.05) is 42.0 Å². The lowest BCUT2D eigenvalue weighted by atomic mass is 9.99. The van der Waals surface area contributed by atoms with Crippen LogP contribution < -0.4 is 9.47 Å². The Bertz CT molecular complexity index is 1310. The Hall–Kier alpha value is -3.97. The quantitative estimate of drug-likeness (QED) is 0.315. The highest BCUT2D eigenvalue weighted by atomic mass is 16.6. The number of nitrogens with zero attached hydrogens (tertiary/aromatic N) is 2. The Morgan fingerprint density at radius 3 is 2.64 bits per heavy atom. The van der Waals surface area contributed by atoms with Crippen LogP contribution in [0.3, 0.4) is 0 Å². The molecule has 0 N–H and O–H groups in total. The van der Waals surface area contributed by atoms with Crippen LogP contribution in [-0.2, 0) is 13.1 Å². The topological polar surface area (TPSA) is 81.9 Å². The summed E-state index contributed by atoms with van der Waals surface area (Å²) in [5, 5.41) is 11.1. The third-order valence-electron chi connectivity index (χ3n) is 5.91. The molecule has 0 aromatic heterocycles. The molecule has 5 rings (SSSR count). The van der Waals surface area contributed by atoms with E-state index < -0.39 is 4.92 Å². The lowest BCUT2D eigenvalue weighted by Crippen LogP contribution is -2.32. The number of ether oxygens (including phenoxy) is 2. The molecule has 7 nitrogen and oxygen atoms in total. The van der Waals surface area contributed by atoms with Crippen LogP contribution in [0.4, 0.5) is 5.69 Å². The smallest absolute Gasteiger partial charge is 0.270 e. The molecule has 3 aromatic carbocycles. The number of ketones is 1. The average Bonchev–Trinajstić information content (AvgIpc) is 3.11. The second kappa shape index (κ2) is 8.18. The Labute approximate surface area is 191 Å². The summed E-state index contributed by atoms with van der Waals surface area (Å²) >= 11 is 0. The molecule has 0 bridgehead atoms. The van der Waals surface area contributed by atoms with Crippen molar-refractivity contribution in [2.75, 3.05) is 6.73 Å². The highest BCUT2D eigenvalue weighted by Crippen LogP contribution is 2.43. The lowest BCUT2D eigenvalue weighted by molar-refractivity contribution is -0.384. The first kappa shape index (κ1) is 20.9. The number of Topliss-reactive ketones (excluding diaryl/α,β-unsaturated/α-hetero) is 1. The number of carbonyl (C=O) groups excluding carboxylic acids is 1. The Morgan fingerprint density at radius 1 is 1.09 bits per heavy atom. The van der Waals surface area contributed by atoms with Gasteiger partial charge < -0.3 is 9.47 Å². The van der Waals surface area contributed by atoms with Gasteiger partial charge in [0, 0.05) is 36.3 Å². The van der Waals surface area contributed by atoms with Gasteiger partial charge in [-0.25, -0.2) is 0 Å². The number of carbonyl (C=O) groups is 1. The molecule has 2 aliphatic heterocycles. The van der Waals surface area contributed by atoms with Crippen LogP contribution in [0.1, 0.15) is 38.2 Å². The summed E-state index contributed by atoms with van der Waals surface area (Å²) in [6.45, 7) is 5.81. The molecule has 0 spiro atoms. The number of benzene rings is 3. The minimum Gasteiger partial charge on any atom is -0.477 e. The molecule has 33 heavy (non-hydrogen) atoms. The van der Waals surface area contributed by atoms with Gasteiger partial charge >= 0.3 is 0 Å². The van der Waals surface area contributed by atoms with E-state index in [9.17, 15) is 14.9 Å². The standard InChI is InChI=1S/C26H22N2O5/c1-16-6-8-18(9-7-16)13-27-14-20-12-22-24(29)23(33-26(22)17(2)25(20)32-15-27)11-19-4-3-5-21(10-19)28(30)31/h3-12H,13-15H2,1-2H3/b23-11-. The van der Waals surface area contributed by atoms with Gasteiger partial charge in [-0.15, -0.1) is 0 Å². The molecule has 3 aromatic rings. The minimum absolute atomic E-state index is 0.0407. The number of nitro benzene ring substituents is 1. The van der Waals surface area contributed by atoms with Crippen LogP contribution in [-0.4, -0.2) is 22.3 Å². The van der Waals surface area contributed by atoms with Gasteiger partial charge in [0.1, 0.15) is 18.2 Å². The van der Waals surface area contributed by atoms with Crippen LogP contribution in [0.2, 0.25) is 0 Å². The van der Waals surface area contributed by atoms with E-state index in [0.29, 0.717) is 30.2 Å². The molecular formula is C26H22N2O5. The van der Waals surface area contributed by atoms with E-state index in [1.165, 1.54) is 29.3 Å². The Morgan fingerprint density at radius 2 is 1.88 bits per heavy atom. The van der Waals surface area contributed by atoms with Crippen molar-refractivity contribution in [1.82, 2.24) is 4.90 Å². The predicted molar refractivity (Wildman–Crippen MR) is 123 cm³/mol. The summed E-state index contributed by atoms with van der Waals surface area (Å²) in [7, 11) is 0. The zero-order valence-corrected chi connectivity index (χ0v) is 18.3. The first-order valence-electron chi connectivity index (χ1n) is 10.6. The first-order valence-corrected chi connectivity index (χ1v) is 10.6. The van der Waals surface area contributed by atoms with E-state index in [1.54, 1.807) is 12.1 Å². The Balaban J connectivity index is 1.41. The third-order valence-corrected chi connectivity index (χ3v) is 5.91. The highest BCUT2D eigenvalue weighted by Gasteiger charge is 2.33. The first-order chi connectivity index (χ1) is 15.9. The normalized spacial score (nSPS) is 16.2.